The highest BCUT2D eigenvalue weighted by Gasteiger charge is 2.18. The molecular formula is C15H22N2O4S. The van der Waals surface area contributed by atoms with Gasteiger partial charge in [-0.1, -0.05) is 6.07 Å². The quantitative estimate of drug-likeness (QED) is 0.637. The van der Waals surface area contributed by atoms with Crippen LogP contribution in [0.2, 0.25) is 0 Å². The molecule has 0 spiro atoms. The van der Waals surface area contributed by atoms with E-state index >= 15 is 0 Å². The van der Waals surface area contributed by atoms with Crippen molar-refractivity contribution in [3.8, 4) is 5.75 Å². The number of ether oxygens (including phenoxy) is 1. The summed E-state index contributed by atoms with van der Waals surface area (Å²) in [6.45, 7) is 3.96. The number of aliphatic carboxylic acids is 1. The Hall–Kier alpha value is -1.89. The van der Waals surface area contributed by atoms with Gasteiger partial charge in [0.15, 0.2) is 6.73 Å². The van der Waals surface area contributed by atoms with Crippen molar-refractivity contribution in [2.75, 3.05) is 18.7 Å². The Labute approximate surface area is 134 Å². The molecule has 0 aromatic heterocycles. The summed E-state index contributed by atoms with van der Waals surface area (Å²) in [5, 5.41) is 13.9. The van der Waals surface area contributed by atoms with E-state index in [2.05, 4.69) is 10.6 Å². The number of aryl methyl sites for hydroxylation is 2. The summed E-state index contributed by atoms with van der Waals surface area (Å²) in [6.07, 6.45) is 2.26. The van der Waals surface area contributed by atoms with E-state index in [1.165, 1.54) is 11.8 Å². The van der Waals surface area contributed by atoms with Crippen LogP contribution in [0.5, 0.6) is 5.75 Å². The third-order valence-electron chi connectivity index (χ3n) is 3.16. The lowest BCUT2D eigenvalue weighted by molar-refractivity contribution is -0.139. The smallest absolute Gasteiger partial charge is 0.326 e. The summed E-state index contributed by atoms with van der Waals surface area (Å²) in [7, 11) is 0. The summed E-state index contributed by atoms with van der Waals surface area (Å²) in [4.78, 5) is 22.7. The number of carbonyl (C=O) groups excluding carboxylic acids is 1. The van der Waals surface area contributed by atoms with Gasteiger partial charge >= 0.3 is 12.0 Å². The van der Waals surface area contributed by atoms with E-state index in [1.807, 2.05) is 38.3 Å². The van der Waals surface area contributed by atoms with Crippen LogP contribution in [-0.2, 0) is 4.79 Å². The molecule has 2 amide bonds. The predicted molar refractivity (Wildman–Crippen MR) is 87.5 cm³/mol. The lowest BCUT2D eigenvalue weighted by atomic mass is 10.1. The minimum Gasteiger partial charge on any atom is -0.480 e. The zero-order valence-corrected chi connectivity index (χ0v) is 13.8. The van der Waals surface area contributed by atoms with Gasteiger partial charge < -0.3 is 20.5 Å². The molecule has 0 bridgehead atoms. The summed E-state index contributed by atoms with van der Waals surface area (Å²) >= 11 is 1.53. The number of thioether (sulfide) groups is 1. The monoisotopic (exact) mass is 326 g/mol. The number of urea groups is 1. The first-order valence-corrected chi connectivity index (χ1v) is 8.29. The average molecular weight is 326 g/mol. The fraction of sp³-hybridized carbons (Fsp3) is 0.467. The summed E-state index contributed by atoms with van der Waals surface area (Å²) in [5.41, 5.74) is 2.26. The Morgan fingerprint density at radius 2 is 2.05 bits per heavy atom. The number of hydrogen-bond donors (Lipinski definition) is 3. The second-order valence-electron chi connectivity index (χ2n) is 4.86. The van der Waals surface area contributed by atoms with Gasteiger partial charge in [-0.15, -0.1) is 0 Å². The number of carboxylic acids is 1. The van der Waals surface area contributed by atoms with Crippen molar-refractivity contribution in [3.05, 3.63) is 29.3 Å². The Bertz CT molecular complexity index is 522. The highest BCUT2D eigenvalue weighted by atomic mass is 32.2. The van der Waals surface area contributed by atoms with Gasteiger partial charge in [-0.2, -0.15) is 11.8 Å². The van der Waals surface area contributed by atoms with Crippen LogP contribution in [0.15, 0.2) is 18.2 Å². The minimum atomic E-state index is -1.04. The number of rotatable bonds is 8. The van der Waals surface area contributed by atoms with E-state index in [1.54, 1.807) is 0 Å². The Morgan fingerprint density at radius 1 is 1.32 bits per heavy atom. The van der Waals surface area contributed by atoms with Gasteiger partial charge in [0.05, 0.1) is 0 Å². The first-order chi connectivity index (χ1) is 10.4. The third kappa shape index (κ3) is 6.26. The van der Waals surface area contributed by atoms with Crippen molar-refractivity contribution in [2.45, 2.75) is 26.3 Å². The molecule has 0 saturated heterocycles. The zero-order chi connectivity index (χ0) is 16.5. The number of benzene rings is 1. The van der Waals surface area contributed by atoms with Gasteiger partial charge in [-0.3, -0.25) is 0 Å². The number of nitrogens with one attached hydrogen (secondary N) is 2. The molecule has 0 fully saturated rings. The van der Waals surface area contributed by atoms with Crippen molar-refractivity contribution < 1.29 is 19.4 Å². The molecule has 0 aliphatic heterocycles. The number of amides is 2. The van der Waals surface area contributed by atoms with Crippen molar-refractivity contribution in [2.24, 2.45) is 0 Å². The maximum atomic E-state index is 11.7. The van der Waals surface area contributed by atoms with Gasteiger partial charge in [0.2, 0.25) is 0 Å². The Kier molecular flexibility index (Phi) is 7.59. The van der Waals surface area contributed by atoms with Crippen LogP contribution in [0.1, 0.15) is 17.5 Å². The molecule has 0 heterocycles. The molecule has 122 valence electrons. The molecular weight excluding hydrogens is 304 g/mol. The fourth-order valence-electron chi connectivity index (χ4n) is 1.69. The second-order valence-corrected chi connectivity index (χ2v) is 5.84. The number of carbonyl (C=O) groups is 2. The summed E-state index contributed by atoms with van der Waals surface area (Å²) < 4.78 is 5.41. The molecule has 1 rings (SSSR count). The lowest BCUT2D eigenvalue weighted by Crippen LogP contribution is -2.47. The largest absolute Gasteiger partial charge is 0.480 e. The second kappa shape index (κ2) is 9.19. The molecule has 1 atom stereocenters. The predicted octanol–water partition coefficient (Wildman–Crippen LogP) is 2.15. The van der Waals surface area contributed by atoms with E-state index in [-0.39, 0.29) is 6.73 Å². The molecule has 3 N–H and O–H groups in total. The van der Waals surface area contributed by atoms with Gasteiger partial charge in [0.1, 0.15) is 11.8 Å². The van der Waals surface area contributed by atoms with Crippen LogP contribution in [0.25, 0.3) is 0 Å². The normalized spacial score (nSPS) is 11.6. The van der Waals surface area contributed by atoms with Crippen molar-refractivity contribution in [1.82, 2.24) is 10.6 Å². The SMILES string of the molecule is CSCCC(NC(=O)NCOc1ccc(C)c(C)c1)C(=O)O. The van der Waals surface area contributed by atoms with Gasteiger partial charge in [-0.25, -0.2) is 9.59 Å². The Morgan fingerprint density at radius 3 is 2.64 bits per heavy atom. The van der Waals surface area contributed by atoms with Crippen LogP contribution >= 0.6 is 11.8 Å². The van der Waals surface area contributed by atoms with E-state index < -0.39 is 18.0 Å². The van der Waals surface area contributed by atoms with Crippen LogP contribution in [0, 0.1) is 13.8 Å². The first kappa shape index (κ1) is 18.2. The van der Waals surface area contributed by atoms with Crippen molar-refractivity contribution >= 4 is 23.8 Å². The van der Waals surface area contributed by atoms with Gasteiger partial charge in [-0.05, 0) is 55.5 Å². The third-order valence-corrected chi connectivity index (χ3v) is 3.81. The fourth-order valence-corrected chi connectivity index (χ4v) is 2.16. The van der Waals surface area contributed by atoms with Crippen molar-refractivity contribution in [3.63, 3.8) is 0 Å². The Balaban J connectivity index is 2.38. The van der Waals surface area contributed by atoms with E-state index in [0.29, 0.717) is 17.9 Å². The van der Waals surface area contributed by atoms with Crippen molar-refractivity contribution in [1.29, 1.82) is 0 Å². The molecule has 0 radical (unpaired) electrons. The number of hydrogen-bond acceptors (Lipinski definition) is 4. The molecule has 7 heteroatoms. The molecule has 6 nitrogen and oxygen atoms in total. The molecule has 0 saturated carbocycles. The maximum Gasteiger partial charge on any atom is 0.326 e. The van der Waals surface area contributed by atoms with Crippen LogP contribution in [0.3, 0.4) is 0 Å². The average Bonchev–Trinajstić information content (AvgIpc) is 2.47. The molecule has 22 heavy (non-hydrogen) atoms. The van der Waals surface area contributed by atoms with Crippen LogP contribution in [0.4, 0.5) is 4.79 Å². The highest BCUT2D eigenvalue weighted by Crippen LogP contribution is 2.15. The summed E-state index contributed by atoms with van der Waals surface area (Å²) in [5.74, 6) is 0.274. The van der Waals surface area contributed by atoms with Crippen LogP contribution < -0.4 is 15.4 Å². The zero-order valence-electron chi connectivity index (χ0n) is 13.0. The summed E-state index contributed by atoms with van der Waals surface area (Å²) in [6, 6.07) is 4.19. The molecule has 0 aliphatic rings. The van der Waals surface area contributed by atoms with Gasteiger partial charge in [0, 0.05) is 0 Å². The van der Waals surface area contributed by atoms with E-state index in [0.717, 1.165) is 11.1 Å². The molecule has 1 aromatic rings. The lowest BCUT2D eigenvalue weighted by Gasteiger charge is -2.15. The topological polar surface area (TPSA) is 87.7 Å². The number of carboxylic acid groups (broad SMARTS) is 1. The molecule has 0 aliphatic carbocycles. The minimum absolute atomic E-state index is 0.0246. The van der Waals surface area contributed by atoms with Crippen LogP contribution in [-0.4, -0.2) is 41.9 Å². The van der Waals surface area contributed by atoms with E-state index in [9.17, 15) is 9.59 Å². The maximum absolute atomic E-state index is 11.7. The van der Waals surface area contributed by atoms with Gasteiger partial charge in [0.25, 0.3) is 0 Å². The first-order valence-electron chi connectivity index (χ1n) is 6.90. The molecule has 1 aromatic carbocycles. The molecule has 1 unspecified atom stereocenters. The highest BCUT2D eigenvalue weighted by molar-refractivity contribution is 7.98. The standard InChI is InChI=1S/C15H22N2O4S/c1-10-4-5-12(8-11(10)2)21-9-16-15(20)17-13(14(18)19)6-7-22-3/h4-5,8,13H,6-7,9H2,1-3H3,(H,18,19)(H2,16,17,20). The van der Waals surface area contributed by atoms with E-state index in [4.69, 9.17) is 9.84 Å².